The summed E-state index contributed by atoms with van der Waals surface area (Å²) in [6, 6.07) is 7.19. The Morgan fingerprint density at radius 1 is 1.28 bits per heavy atom. The van der Waals surface area contributed by atoms with Crippen LogP contribution in [0, 0.1) is 6.92 Å². The summed E-state index contributed by atoms with van der Waals surface area (Å²) in [6.45, 7) is 3.85. The molecule has 0 fully saturated rings. The van der Waals surface area contributed by atoms with E-state index in [1.807, 2.05) is 12.1 Å². The highest BCUT2D eigenvalue weighted by molar-refractivity contribution is 7.20. The van der Waals surface area contributed by atoms with Crippen LogP contribution in [-0.2, 0) is 11.3 Å². The van der Waals surface area contributed by atoms with Gasteiger partial charge in [0, 0.05) is 10.6 Å². The third-order valence-electron chi connectivity index (χ3n) is 4.37. The molecule has 4 aromatic rings. The molecule has 0 unspecified atom stereocenters. The minimum absolute atomic E-state index is 0.124. The van der Waals surface area contributed by atoms with Gasteiger partial charge in [-0.3, -0.25) is 9.36 Å². The van der Waals surface area contributed by atoms with E-state index in [4.69, 9.17) is 20.8 Å². The highest BCUT2D eigenvalue weighted by Gasteiger charge is 2.20. The number of hydrogen-bond acceptors (Lipinski definition) is 7. The Balaban J connectivity index is 1.66. The van der Waals surface area contributed by atoms with Crippen LogP contribution in [0.15, 0.2) is 46.0 Å². The Bertz CT molecular complexity index is 1260. The number of fused-ring (bicyclic) bond motifs is 1. The lowest BCUT2D eigenvalue weighted by Gasteiger charge is -2.03. The molecular weight excluding hydrogens is 414 g/mol. The van der Waals surface area contributed by atoms with E-state index < -0.39 is 5.97 Å². The molecule has 3 heterocycles. The number of esters is 1. The van der Waals surface area contributed by atoms with Gasteiger partial charge in [-0.25, -0.2) is 14.8 Å². The van der Waals surface area contributed by atoms with E-state index in [1.165, 1.54) is 10.9 Å². The molecule has 0 atom stereocenters. The molecule has 0 aliphatic carbocycles. The van der Waals surface area contributed by atoms with Crippen LogP contribution in [0.1, 0.15) is 28.0 Å². The van der Waals surface area contributed by atoms with Crippen molar-refractivity contribution in [3.63, 3.8) is 0 Å². The topological polar surface area (TPSA) is 87.2 Å². The third kappa shape index (κ3) is 3.68. The van der Waals surface area contributed by atoms with Crippen molar-refractivity contribution in [3.05, 3.63) is 68.5 Å². The minimum atomic E-state index is -0.445. The molecule has 0 bridgehead atoms. The number of aromatic nitrogens is 3. The predicted molar refractivity (Wildman–Crippen MR) is 111 cm³/mol. The molecule has 0 aliphatic rings. The second-order valence-electron chi connectivity index (χ2n) is 6.26. The number of benzene rings is 1. The fraction of sp³-hybridized carbons (Fsp3) is 0.200. The van der Waals surface area contributed by atoms with Crippen molar-refractivity contribution in [2.75, 3.05) is 6.61 Å². The van der Waals surface area contributed by atoms with Gasteiger partial charge in [-0.15, -0.1) is 11.3 Å². The average Bonchev–Trinajstić information content (AvgIpc) is 3.30. The van der Waals surface area contributed by atoms with Crippen molar-refractivity contribution in [2.24, 2.45) is 0 Å². The van der Waals surface area contributed by atoms with Crippen molar-refractivity contribution >= 4 is 39.1 Å². The van der Waals surface area contributed by atoms with Gasteiger partial charge in [0.25, 0.3) is 5.56 Å². The second kappa shape index (κ2) is 7.81. The Hall–Kier alpha value is -2.97. The molecule has 0 aliphatic heterocycles. The average molecular weight is 430 g/mol. The first kappa shape index (κ1) is 19.4. The maximum atomic E-state index is 13.0. The molecule has 0 saturated carbocycles. The third-order valence-corrected chi connectivity index (χ3v) is 5.80. The van der Waals surface area contributed by atoms with E-state index in [0.29, 0.717) is 37.3 Å². The fourth-order valence-electron chi connectivity index (χ4n) is 2.94. The molecule has 0 spiro atoms. The zero-order valence-electron chi connectivity index (χ0n) is 15.6. The van der Waals surface area contributed by atoms with Gasteiger partial charge < -0.3 is 9.15 Å². The number of thiophene rings is 1. The van der Waals surface area contributed by atoms with E-state index in [1.54, 1.807) is 32.2 Å². The molecule has 7 nitrogen and oxygen atoms in total. The molecule has 0 amide bonds. The molecule has 0 N–H and O–H groups in total. The summed E-state index contributed by atoms with van der Waals surface area (Å²) in [5, 5.41) is 1.04. The predicted octanol–water partition coefficient (Wildman–Crippen LogP) is 4.30. The molecule has 148 valence electrons. The van der Waals surface area contributed by atoms with Crippen LogP contribution in [0.2, 0.25) is 5.02 Å². The number of ether oxygens (including phenoxy) is 1. The van der Waals surface area contributed by atoms with E-state index in [-0.39, 0.29) is 18.7 Å². The number of nitrogens with zero attached hydrogens (tertiary/aromatic N) is 3. The van der Waals surface area contributed by atoms with E-state index in [2.05, 4.69) is 9.97 Å². The Morgan fingerprint density at radius 2 is 2.03 bits per heavy atom. The molecule has 1 aromatic carbocycles. The maximum absolute atomic E-state index is 13.0. The summed E-state index contributed by atoms with van der Waals surface area (Å²) in [5.74, 6) is 0.506. The van der Waals surface area contributed by atoms with Crippen LogP contribution in [0.4, 0.5) is 0 Å². The number of carbonyl (C=O) groups excluding carboxylic acids is 1. The van der Waals surface area contributed by atoms with Crippen LogP contribution >= 0.6 is 22.9 Å². The molecule has 9 heteroatoms. The van der Waals surface area contributed by atoms with E-state index in [0.717, 1.165) is 16.9 Å². The molecule has 0 radical (unpaired) electrons. The van der Waals surface area contributed by atoms with Gasteiger partial charge >= 0.3 is 5.97 Å². The first-order valence-corrected chi connectivity index (χ1v) is 10.0. The molecule has 3 aromatic heterocycles. The van der Waals surface area contributed by atoms with Gasteiger partial charge in [-0.1, -0.05) is 11.6 Å². The number of hydrogen-bond donors (Lipinski definition) is 0. The molecule has 0 saturated heterocycles. The van der Waals surface area contributed by atoms with E-state index >= 15 is 0 Å². The van der Waals surface area contributed by atoms with Gasteiger partial charge in [0.1, 0.15) is 16.3 Å². The van der Waals surface area contributed by atoms with E-state index in [9.17, 15) is 9.59 Å². The van der Waals surface area contributed by atoms with Gasteiger partial charge in [-0.05, 0) is 43.7 Å². The summed E-state index contributed by atoms with van der Waals surface area (Å²) in [4.78, 5) is 34.5. The summed E-state index contributed by atoms with van der Waals surface area (Å²) in [6.07, 6.45) is 3.03. The minimum Gasteiger partial charge on any atom is -0.462 e. The van der Waals surface area contributed by atoms with Crippen molar-refractivity contribution in [1.29, 1.82) is 0 Å². The smallest absolute Gasteiger partial charge is 0.348 e. The number of oxazole rings is 1. The highest BCUT2D eigenvalue weighted by atomic mass is 35.5. The lowest BCUT2D eigenvalue weighted by atomic mass is 10.2. The van der Waals surface area contributed by atoms with Gasteiger partial charge in [0.15, 0.2) is 5.76 Å². The standard InChI is InChI=1S/C20H16ClN3O4S/c1-3-27-20(26)17-11(2)16-18(29-17)23-10-24(19(16)25)9-15-22-8-14(28-15)12-4-6-13(21)7-5-12/h4-8,10H,3,9H2,1-2H3. The number of rotatable bonds is 5. The lowest BCUT2D eigenvalue weighted by Crippen LogP contribution is -2.21. The second-order valence-corrected chi connectivity index (χ2v) is 7.70. The Kier molecular flexibility index (Phi) is 5.21. The molecule has 4 rings (SSSR count). The van der Waals surface area contributed by atoms with Crippen molar-refractivity contribution in [3.8, 4) is 11.3 Å². The first-order valence-electron chi connectivity index (χ1n) is 8.84. The number of aryl methyl sites for hydroxylation is 1. The number of halogens is 1. The summed E-state index contributed by atoms with van der Waals surface area (Å²) < 4.78 is 12.2. The van der Waals surface area contributed by atoms with Gasteiger partial charge in [-0.2, -0.15) is 0 Å². The summed E-state index contributed by atoms with van der Waals surface area (Å²) >= 11 is 7.06. The van der Waals surface area contributed by atoms with Crippen molar-refractivity contribution < 1.29 is 13.9 Å². The summed E-state index contributed by atoms with van der Waals surface area (Å²) in [7, 11) is 0. The van der Waals surface area contributed by atoms with Crippen molar-refractivity contribution in [2.45, 2.75) is 20.4 Å². The number of carbonyl (C=O) groups is 1. The van der Waals surface area contributed by atoms with Gasteiger partial charge in [0.2, 0.25) is 5.89 Å². The van der Waals surface area contributed by atoms with Crippen LogP contribution in [0.5, 0.6) is 0 Å². The van der Waals surface area contributed by atoms with Crippen LogP contribution in [-0.4, -0.2) is 27.1 Å². The Morgan fingerprint density at radius 3 is 2.76 bits per heavy atom. The Labute approximate surface area is 174 Å². The van der Waals surface area contributed by atoms with Crippen LogP contribution < -0.4 is 5.56 Å². The largest absolute Gasteiger partial charge is 0.462 e. The van der Waals surface area contributed by atoms with Crippen LogP contribution in [0.25, 0.3) is 21.5 Å². The quantitative estimate of drug-likeness (QED) is 0.439. The normalized spacial score (nSPS) is 11.1. The summed E-state index contributed by atoms with van der Waals surface area (Å²) in [5.41, 5.74) is 1.15. The first-order chi connectivity index (χ1) is 14.0. The molecule has 29 heavy (non-hydrogen) atoms. The monoisotopic (exact) mass is 429 g/mol. The zero-order chi connectivity index (χ0) is 20.5. The SMILES string of the molecule is CCOC(=O)c1sc2ncn(Cc3ncc(-c4ccc(Cl)cc4)o3)c(=O)c2c1C. The fourth-order valence-corrected chi connectivity index (χ4v) is 4.10. The van der Waals surface area contributed by atoms with Crippen molar-refractivity contribution in [1.82, 2.24) is 14.5 Å². The van der Waals surface area contributed by atoms with Crippen LogP contribution in [0.3, 0.4) is 0 Å². The lowest BCUT2D eigenvalue weighted by molar-refractivity contribution is 0.0531. The zero-order valence-corrected chi connectivity index (χ0v) is 17.2. The highest BCUT2D eigenvalue weighted by Crippen LogP contribution is 2.28. The maximum Gasteiger partial charge on any atom is 0.348 e. The molecular formula is C20H16ClN3O4S. The van der Waals surface area contributed by atoms with Gasteiger partial charge in [0.05, 0.1) is 24.5 Å².